The normalized spacial score (nSPS) is 12.9. The van der Waals surface area contributed by atoms with Crippen molar-refractivity contribution in [1.82, 2.24) is 0 Å². The summed E-state index contributed by atoms with van der Waals surface area (Å²) in [5.74, 6) is 0. The minimum atomic E-state index is 0.958. The molecule has 0 saturated carbocycles. The number of rotatable bonds is 4. The molecule has 1 nitrogen and oxygen atoms in total. The molecule has 0 fully saturated rings. The molecular weight excluding hydrogens is 122 g/mol. The summed E-state index contributed by atoms with van der Waals surface area (Å²) in [6.07, 6.45) is 6.44. The van der Waals surface area contributed by atoms with Crippen LogP contribution in [0.25, 0.3) is 0 Å². The Morgan fingerprint density at radius 1 is 1.40 bits per heavy atom. The second-order valence-corrected chi connectivity index (χ2v) is 2.33. The molecular formula is C9H17N. The Morgan fingerprint density at radius 2 is 2.10 bits per heavy atom. The van der Waals surface area contributed by atoms with E-state index in [1.165, 1.54) is 0 Å². The molecule has 0 aromatic rings. The first kappa shape index (κ1) is 9.41. The van der Waals surface area contributed by atoms with E-state index in [2.05, 4.69) is 31.0 Å². The Balaban J connectivity index is 3.59. The quantitative estimate of drug-likeness (QED) is 0.531. The van der Waals surface area contributed by atoms with E-state index in [9.17, 15) is 0 Å². The Kier molecular flexibility index (Phi) is 6.14. The van der Waals surface area contributed by atoms with Crippen molar-refractivity contribution in [3.8, 4) is 0 Å². The molecule has 0 spiro atoms. The lowest BCUT2D eigenvalue weighted by Gasteiger charge is -1.89. The van der Waals surface area contributed by atoms with Gasteiger partial charge in [-0.1, -0.05) is 19.9 Å². The molecule has 0 aliphatic rings. The highest BCUT2D eigenvalue weighted by Crippen LogP contribution is 1.86. The number of hydrogen-bond donors (Lipinski definition) is 0. The van der Waals surface area contributed by atoms with Gasteiger partial charge in [0.15, 0.2) is 0 Å². The monoisotopic (exact) mass is 139 g/mol. The fourth-order valence-electron chi connectivity index (χ4n) is 0.629. The number of nitrogens with zero attached hydrogens (tertiary/aromatic N) is 1. The maximum Gasteiger partial charge on any atom is 0.0389 e. The average Bonchev–Trinajstić information content (AvgIpc) is 1.97. The summed E-state index contributed by atoms with van der Waals surface area (Å²) in [4.78, 5) is 4.31. The van der Waals surface area contributed by atoms with Gasteiger partial charge < -0.3 is 0 Å². The molecule has 0 aliphatic carbocycles. The molecule has 0 heterocycles. The van der Waals surface area contributed by atoms with Gasteiger partial charge in [-0.3, -0.25) is 4.99 Å². The Morgan fingerprint density at radius 3 is 2.60 bits per heavy atom. The van der Waals surface area contributed by atoms with Gasteiger partial charge >= 0.3 is 0 Å². The van der Waals surface area contributed by atoms with Crippen molar-refractivity contribution in [3.63, 3.8) is 0 Å². The zero-order valence-electron chi connectivity index (χ0n) is 7.22. The molecule has 0 amide bonds. The van der Waals surface area contributed by atoms with E-state index in [0.717, 1.165) is 25.1 Å². The summed E-state index contributed by atoms with van der Waals surface area (Å²) >= 11 is 0. The van der Waals surface area contributed by atoms with Crippen molar-refractivity contribution in [1.29, 1.82) is 0 Å². The van der Waals surface area contributed by atoms with Gasteiger partial charge in [-0.25, -0.2) is 0 Å². The summed E-state index contributed by atoms with van der Waals surface area (Å²) in [6.45, 7) is 7.27. The molecule has 0 N–H and O–H groups in total. The van der Waals surface area contributed by atoms with E-state index in [1.54, 1.807) is 0 Å². The molecule has 1 heteroatoms. The van der Waals surface area contributed by atoms with Gasteiger partial charge in [-0.2, -0.15) is 0 Å². The highest BCUT2D eigenvalue weighted by atomic mass is 14.7. The van der Waals surface area contributed by atoms with E-state index in [1.807, 2.05) is 6.92 Å². The first-order valence-corrected chi connectivity index (χ1v) is 3.98. The third kappa shape index (κ3) is 5.54. The maximum absolute atomic E-state index is 4.31. The van der Waals surface area contributed by atoms with Crippen LogP contribution in [0.2, 0.25) is 0 Å². The fraction of sp³-hybridized carbons (Fsp3) is 0.667. The maximum atomic E-state index is 4.31. The van der Waals surface area contributed by atoms with Crippen molar-refractivity contribution in [2.75, 3.05) is 6.54 Å². The van der Waals surface area contributed by atoms with Gasteiger partial charge in [-0.15, -0.1) is 0 Å². The van der Waals surface area contributed by atoms with Gasteiger partial charge in [0, 0.05) is 12.3 Å². The third-order valence-corrected chi connectivity index (χ3v) is 1.18. The molecule has 58 valence electrons. The van der Waals surface area contributed by atoms with Crippen molar-refractivity contribution in [2.24, 2.45) is 4.99 Å². The van der Waals surface area contributed by atoms with Crippen LogP contribution < -0.4 is 0 Å². The van der Waals surface area contributed by atoms with Gasteiger partial charge in [0.05, 0.1) is 0 Å². The highest BCUT2D eigenvalue weighted by Gasteiger charge is 1.79. The molecule has 0 aliphatic heterocycles. The first-order chi connectivity index (χ1) is 4.81. The van der Waals surface area contributed by atoms with E-state index < -0.39 is 0 Å². The average molecular weight is 139 g/mol. The van der Waals surface area contributed by atoms with Crippen molar-refractivity contribution in [2.45, 2.75) is 33.6 Å². The molecule has 10 heavy (non-hydrogen) atoms. The van der Waals surface area contributed by atoms with Gasteiger partial charge in [0.25, 0.3) is 0 Å². The molecule has 0 unspecified atom stereocenters. The van der Waals surface area contributed by atoms with Crippen molar-refractivity contribution in [3.05, 3.63) is 12.2 Å². The van der Waals surface area contributed by atoms with Crippen LogP contribution in [0.15, 0.2) is 17.1 Å². The zero-order chi connectivity index (χ0) is 7.82. The SMILES string of the molecule is CC/C=C\C(C)=NCCC. The van der Waals surface area contributed by atoms with Crippen LogP contribution in [0.5, 0.6) is 0 Å². The predicted molar refractivity (Wildman–Crippen MR) is 47.7 cm³/mol. The standard InChI is InChI=1S/C9H17N/c1-4-6-7-9(3)10-8-5-2/h6-7H,4-5,8H2,1-3H3/b7-6-,10-9?. The molecule has 0 saturated heterocycles. The largest absolute Gasteiger partial charge is 0.290 e. The minimum Gasteiger partial charge on any atom is -0.290 e. The molecule has 0 aromatic heterocycles. The number of allylic oxidation sites excluding steroid dienone is 2. The lowest BCUT2D eigenvalue weighted by molar-refractivity contribution is 0.932. The number of hydrogen-bond acceptors (Lipinski definition) is 1. The van der Waals surface area contributed by atoms with E-state index in [0.29, 0.717) is 0 Å². The van der Waals surface area contributed by atoms with Gasteiger partial charge in [0.2, 0.25) is 0 Å². The van der Waals surface area contributed by atoms with E-state index in [4.69, 9.17) is 0 Å². The first-order valence-electron chi connectivity index (χ1n) is 3.98. The van der Waals surface area contributed by atoms with Gasteiger partial charge in [-0.05, 0) is 25.8 Å². The summed E-state index contributed by atoms with van der Waals surface area (Å²) in [5, 5.41) is 0. The van der Waals surface area contributed by atoms with Gasteiger partial charge in [0.1, 0.15) is 0 Å². The number of aliphatic imine (C=N–C) groups is 1. The smallest absolute Gasteiger partial charge is 0.0389 e. The van der Waals surface area contributed by atoms with Crippen molar-refractivity contribution < 1.29 is 0 Å². The van der Waals surface area contributed by atoms with Crippen LogP contribution in [0, 0.1) is 0 Å². The fourth-order valence-corrected chi connectivity index (χ4v) is 0.629. The summed E-state index contributed by atoms with van der Waals surface area (Å²) in [5.41, 5.74) is 1.14. The van der Waals surface area contributed by atoms with Crippen LogP contribution in [-0.4, -0.2) is 12.3 Å². The van der Waals surface area contributed by atoms with Crippen LogP contribution in [0.3, 0.4) is 0 Å². The molecule has 0 rings (SSSR count). The topological polar surface area (TPSA) is 12.4 Å². The minimum absolute atomic E-state index is 0.958. The summed E-state index contributed by atoms with van der Waals surface area (Å²) < 4.78 is 0. The van der Waals surface area contributed by atoms with E-state index in [-0.39, 0.29) is 0 Å². The zero-order valence-corrected chi connectivity index (χ0v) is 7.22. The highest BCUT2D eigenvalue weighted by molar-refractivity contribution is 5.92. The Hall–Kier alpha value is -0.590. The van der Waals surface area contributed by atoms with Crippen LogP contribution in [0.1, 0.15) is 33.6 Å². The molecule has 0 bridgehead atoms. The molecule has 0 aromatic carbocycles. The van der Waals surface area contributed by atoms with Crippen LogP contribution >= 0.6 is 0 Å². The summed E-state index contributed by atoms with van der Waals surface area (Å²) in [6, 6.07) is 0. The third-order valence-electron chi connectivity index (χ3n) is 1.18. The summed E-state index contributed by atoms with van der Waals surface area (Å²) in [7, 11) is 0. The Bertz CT molecular complexity index is 123. The lowest BCUT2D eigenvalue weighted by atomic mass is 10.3. The molecule has 0 radical (unpaired) electrons. The van der Waals surface area contributed by atoms with Crippen molar-refractivity contribution >= 4 is 5.71 Å². The molecule has 0 atom stereocenters. The second kappa shape index (κ2) is 6.53. The Labute approximate surface area is 63.9 Å². The lowest BCUT2D eigenvalue weighted by Crippen LogP contribution is -1.86. The van der Waals surface area contributed by atoms with Crippen LogP contribution in [0.4, 0.5) is 0 Å². The van der Waals surface area contributed by atoms with E-state index >= 15 is 0 Å². The van der Waals surface area contributed by atoms with Crippen LogP contribution in [-0.2, 0) is 0 Å². The second-order valence-electron chi connectivity index (χ2n) is 2.33. The predicted octanol–water partition coefficient (Wildman–Crippen LogP) is 2.82.